The second kappa shape index (κ2) is 9.08. The minimum absolute atomic E-state index is 0.0585. The van der Waals surface area contributed by atoms with Crippen LogP contribution >= 0.6 is 0 Å². The molecule has 0 aliphatic carbocycles. The number of fused-ring (bicyclic) bond motifs is 1. The van der Waals surface area contributed by atoms with Crippen LogP contribution in [0.25, 0.3) is 0 Å². The topological polar surface area (TPSA) is 59.4 Å². The highest BCUT2D eigenvalue weighted by Gasteiger charge is 2.39. The van der Waals surface area contributed by atoms with Gasteiger partial charge >= 0.3 is 0 Å². The van der Waals surface area contributed by atoms with Gasteiger partial charge in [-0.15, -0.1) is 0 Å². The molecular weight excluding hydrogens is 414 g/mol. The molecule has 2 unspecified atom stereocenters. The van der Waals surface area contributed by atoms with Crippen molar-refractivity contribution in [3.05, 3.63) is 41.1 Å². The van der Waals surface area contributed by atoms with Gasteiger partial charge in [-0.25, -0.2) is 13.5 Å². The molecule has 1 N–H and O–H groups in total. The summed E-state index contributed by atoms with van der Waals surface area (Å²) in [6.45, 7) is 8.78. The lowest BCUT2D eigenvalue weighted by molar-refractivity contribution is -0.140. The number of hydrogen-bond acceptors (Lipinski definition) is 4. The molecule has 32 heavy (non-hydrogen) atoms. The maximum Gasteiger partial charge on any atom is 0.263 e. The molecule has 0 bridgehead atoms. The van der Waals surface area contributed by atoms with Gasteiger partial charge in [0.2, 0.25) is 0 Å². The zero-order valence-corrected chi connectivity index (χ0v) is 19.1. The SMILES string of the molecule is Cc1ccc(OC(C)C(=O)N2CCCC([C@@H]3C[C@H](C(F)F)n4nc(C)cc4N3)C2)c(C)c1. The number of piperidine rings is 1. The number of amides is 1. The van der Waals surface area contributed by atoms with Crippen LogP contribution in [0.4, 0.5) is 14.6 Å². The number of ether oxygens (including phenoxy) is 1. The number of anilines is 1. The van der Waals surface area contributed by atoms with Gasteiger partial charge in [0.15, 0.2) is 6.10 Å². The third-order valence-corrected chi connectivity index (χ3v) is 6.61. The van der Waals surface area contributed by atoms with E-state index in [2.05, 4.69) is 10.4 Å². The van der Waals surface area contributed by atoms with Crippen LogP contribution < -0.4 is 10.1 Å². The highest BCUT2D eigenvalue weighted by atomic mass is 19.3. The number of carbonyl (C=O) groups is 1. The van der Waals surface area contributed by atoms with E-state index in [0.29, 0.717) is 31.1 Å². The monoisotopic (exact) mass is 446 g/mol. The number of aromatic nitrogens is 2. The first-order valence-electron chi connectivity index (χ1n) is 11.4. The molecule has 3 heterocycles. The van der Waals surface area contributed by atoms with Crippen molar-refractivity contribution < 1.29 is 18.3 Å². The van der Waals surface area contributed by atoms with E-state index in [0.717, 1.165) is 29.7 Å². The molecule has 4 rings (SSSR count). The normalized spacial score (nSPS) is 24.1. The predicted octanol–water partition coefficient (Wildman–Crippen LogP) is 4.50. The fourth-order valence-electron chi connectivity index (χ4n) is 4.97. The lowest BCUT2D eigenvalue weighted by Gasteiger charge is -2.41. The Bertz CT molecular complexity index is 977. The van der Waals surface area contributed by atoms with Crippen molar-refractivity contribution in [2.24, 2.45) is 5.92 Å². The molecule has 1 fully saturated rings. The van der Waals surface area contributed by atoms with Crippen LogP contribution in [0, 0.1) is 26.7 Å². The van der Waals surface area contributed by atoms with Crippen LogP contribution in [-0.4, -0.2) is 52.2 Å². The molecule has 1 aromatic heterocycles. The van der Waals surface area contributed by atoms with Crippen LogP contribution in [-0.2, 0) is 4.79 Å². The molecule has 174 valence electrons. The van der Waals surface area contributed by atoms with Crippen molar-refractivity contribution in [3.8, 4) is 5.75 Å². The fourth-order valence-corrected chi connectivity index (χ4v) is 4.97. The summed E-state index contributed by atoms with van der Waals surface area (Å²) in [7, 11) is 0. The molecule has 8 heteroatoms. The van der Waals surface area contributed by atoms with E-state index < -0.39 is 18.6 Å². The molecular formula is C24H32F2N4O2. The van der Waals surface area contributed by atoms with Crippen molar-refractivity contribution in [2.45, 2.75) is 71.6 Å². The zero-order chi connectivity index (χ0) is 23.0. The number of alkyl halides is 2. The lowest BCUT2D eigenvalue weighted by Crippen LogP contribution is -2.50. The van der Waals surface area contributed by atoms with E-state index in [9.17, 15) is 13.6 Å². The Balaban J connectivity index is 1.43. The van der Waals surface area contributed by atoms with Gasteiger partial charge in [-0.3, -0.25) is 4.79 Å². The van der Waals surface area contributed by atoms with Gasteiger partial charge in [-0.05, 0) is 64.5 Å². The second-order valence-electron chi connectivity index (χ2n) is 9.22. The third-order valence-electron chi connectivity index (χ3n) is 6.61. The van der Waals surface area contributed by atoms with Gasteiger partial charge in [-0.1, -0.05) is 17.7 Å². The summed E-state index contributed by atoms with van der Waals surface area (Å²) in [5, 5.41) is 7.66. The van der Waals surface area contributed by atoms with Crippen LogP contribution in [0.15, 0.2) is 24.3 Å². The number of likely N-dealkylation sites (tertiary alicyclic amines) is 1. The largest absolute Gasteiger partial charge is 0.481 e. The van der Waals surface area contributed by atoms with Crippen LogP contribution in [0.3, 0.4) is 0 Å². The van der Waals surface area contributed by atoms with E-state index in [1.807, 2.05) is 49.9 Å². The van der Waals surface area contributed by atoms with Crippen LogP contribution in [0.5, 0.6) is 5.75 Å². The highest BCUT2D eigenvalue weighted by Crippen LogP contribution is 2.36. The average Bonchev–Trinajstić information content (AvgIpc) is 3.14. The van der Waals surface area contributed by atoms with Gasteiger partial charge in [0.1, 0.15) is 17.6 Å². The van der Waals surface area contributed by atoms with Crippen LogP contribution in [0.1, 0.15) is 49.0 Å². The molecule has 1 amide bonds. The van der Waals surface area contributed by atoms with Crippen LogP contribution in [0.2, 0.25) is 0 Å². The summed E-state index contributed by atoms with van der Waals surface area (Å²) in [4.78, 5) is 15.0. The predicted molar refractivity (Wildman–Crippen MR) is 119 cm³/mol. The Hall–Kier alpha value is -2.64. The zero-order valence-electron chi connectivity index (χ0n) is 19.1. The van der Waals surface area contributed by atoms with Gasteiger partial charge < -0.3 is 15.0 Å². The number of rotatable bonds is 5. The standard InChI is InChI=1S/C24H32F2N4O2/c1-14-7-8-21(15(2)10-14)32-17(4)24(31)29-9-5-6-18(13-29)19-12-20(23(25)26)30-22(27-19)11-16(3)28-30/h7-8,10-11,17-20,23,27H,5-6,9,12-13H2,1-4H3/t17?,18?,19-,20+/m0/s1. The number of aryl methyl sites for hydroxylation is 3. The number of halogens is 2. The van der Waals surface area contributed by atoms with Gasteiger partial charge in [0, 0.05) is 25.2 Å². The summed E-state index contributed by atoms with van der Waals surface area (Å²) in [6.07, 6.45) is -1.04. The summed E-state index contributed by atoms with van der Waals surface area (Å²) in [5.41, 5.74) is 2.86. The number of carbonyl (C=O) groups excluding carboxylic acids is 1. The maximum atomic E-state index is 13.8. The molecule has 2 aliphatic heterocycles. The molecule has 0 radical (unpaired) electrons. The molecule has 0 saturated carbocycles. The molecule has 2 aromatic rings. The Morgan fingerprint density at radius 3 is 2.75 bits per heavy atom. The van der Waals surface area contributed by atoms with Crippen molar-refractivity contribution in [3.63, 3.8) is 0 Å². The van der Waals surface area contributed by atoms with Crippen molar-refractivity contribution >= 4 is 11.7 Å². The summed E-state index contributed by atoms with van der Waals surface area (Å²) < 4.78 is 34.9. The minimum atomic E-state index is -2.48. The van der Waals surface area contributed by atoms with Gasteiger partial charge in [0.25, 0.3) is 12.3 Å². The molecule has 4 atom stereocenters. The summed E-state index contributed by atoms with van der Waals surface area (Å²) >= 11 is 0. The second-order valence-corrected chi connectivity index (χ2v) is 9.22. The molecule has 2 aliphatic rings. The molecule has 1 aromatic carbocycles. The van der Waals surface area contributed by atoms with Gasteiger partial charge in [0.05, 0.1) is 5.69 Å². The molecule has 0 spiro atoms. The number of benzene rings is 1. The average molecular weight is 447 g/mol. The smallest absolute Gasteiger partial charge is 0.263 e. The Labute approximate surface area is 187 Å². The summed E-state index contributed by atoms with van der Waals surface area (Å²) in [5.74, 6) is 1.39. The Kier molecular flexibility index (Phi) is 6.40. The number of nitrogens with zero attached hydrogens (tertiary/aromatic N) is 3. The Morgan fingerprint density at radius 2 is 2.03 bits per heavy atom. The van der Waals surface area contributed by atoms with E-state index in [4.69, 9.17) is 4.74 Å². The lowest BCUT2D eigenvalue weighted by atomic mass is 9.86. The first-order chi connectivity index (χ1) is 15.2. The first kappa shape index (κ1) is 22.6. The summed E-state index contributed by atoms with van der Waals surface area (Å²) in [6, 6.07) is 6.65. The van der Waals surface area contributed by atoms with Gasteiger partial charge in [-0.2, -0.15) is 5.10 Å². The first-order valence-corrected chi connectivity index (χ1v) is 11.4. The minimum Gasteiger partial charge on any atom is -0.481 e. The number of hydrogen-bond donors (Lipinski definition) is 1. The fraction of sp³-hybridized carbons (Fsp3) is 0.583. The van der Waals surface area contributed by atoms with E-state index in [1.54, 1.807) is 6.92 Å². The van der Waals surface area contributed by atoms with E-state index >= 15 is 0 Å². The number of nitrogens with one attached hydrogen (secondary N) is 1. The Morgan fingerprint density at radius 1 is 1.25 bits per heavy atom. The van der Waals surface area contributed by atoms with Crippen molar-refractivity contribution in [1.82, 2.24) is 14.7 Å². The van der Waals surface area contributed by atoms with Crippen molar-refractivity contribution in [2.75, 3.05) is 18.4 Å². The van der Waals surface area contributed by atoms with Crippen molar-refractivity contribution in [1.29, 1.82) is 0 Å². The van der Waals surface area contributed by atoms with E-state index in [-0.39, 0.29) is 17.9 Å². The maximum absolute atomic E-state index is 13.8. The van der Waals surface area contributed by atoms with E-state index in [1.165, 1.54) is 4.68 Å². The molecule has 6 nitrogen and oxygen atoms in total. The quantitative estimate of drug-likeness (QED) is 0.735. The third kappa shape index (κ3) is 4.59. The highest BCUT2D eigenvalue weighted by molar-refractivity contribution is 5.81. The molecule has 1 saturated heterocycles.